The molecule has 0 aliphatic carbocycles. The molecule has 6 heteroatoms. The van der Waals surface area contributed by atoms with Gasteiger partial charge in [0.15, 0.2) is 0 Å². The third-order valence-corrected chi connectivity index (χ3v) is 3.13. The van der Waals surface area contributed by atoms with Crippen LogP contribution in [0.25, 0.3) is 0 Å². The Balaban J connectivity index is 1.82. The summed E-state index contributed by atoms with van der Waals surface area (Å²) in [6.07, 6.45) is 3.12. The van der Waals surface area contributed by atoms with Crippen molar-refractivity contribution in [1.82, 2.24) is 24.8 Å². The Bertz CT molecular complexity index is 340. The van der Waals surface area contributed by atoms with Crippen molar-refractivity contribution in [2.75, 3.05) is 39.3 Å². The van der Waals surface area contributed by atoms with Crippen LogP contribution in [0.5, 0.6) is 0 Å². The summed E-state index contributed by atoms with van der Waals surface area (Å²) >= 11 is 0. The zero-order chi connectivity index (χ0) is 12.1. The van der Waals surface area contributed by atoms with Crippen molar-refractivity contribution < 1.29 is 5.11 Å². The summed E-state index contributed by atoms with van der Waals surface area (Å²) in [7, 11) is 1.89. The van der Waals surface area contributed by atoms with Crippen LogP contribution in [-0.2, 0) is 13.6 Å². The van der Waals surface area contributed by atoms with Gasteiger partial charge in [0, 0.05) is 39.4 Å². The lowest BCUT2D eigenvalue weighted by molar-refractivity contribution is 0.195. The van der Waals surface area contributed by atoms with E-state index in [1.54, 1.807) is 4.68 Å². The van der Waals surface area contributed by atoms with Gasteiger partial charge in [-0.05, 0) is 19.5 Å². The second-order valence-corrected chi connectivity index (χ2v) is 4.58. The highest BCUT2D eigenvalue weighted by Crippen LogP contribution is 2.06. The van der Waals surface area contributed by atoms with Crippen LogP contribution in [0.3, 0.4) is 0 Å². The van der Waals surface area contributed by atoms with E-state index in [-0.39, 0.29) is 6.61 Å². The Kier molecular flexibility index (Phi) is 4.47. The maximum absolute atomic E-state index is 8.94. The van der Waals surface area contributed by atoms with E-state index in [1.165, 1.54) is 0 Å². The number of aliphatic hydroxyl groups excluding tert-OH is 1. The van der Waals surface area contributed by atoms with E-state index in [0.717, 1.165) is 51.4 Å². The molecule has 96 valence electrons. The summed E-state index contributed by atoms with van der Waals surface area (Å²) in [6, 6.07) is 0. The van der Waals surface area contributed by atoms with Gasteiger partial charge in [0.2, 0.25) is 0 Å². The van der Waals surface area contributed by atoms with E-state index in [2.05, 4.69) is 20.1 Å². The van der Waals surface area contributed by atoms with Crippen LogP contribution < -0.4 is 0 Å². The van der Waals surface area contributed by atoms with Crippen LogP contribution in [-0.4, -0.2) is 69.2 Å². The number of aliphatic hydroxyl groups is 1. The number of hydrogen-bond donors (Lipinski definition) is 1. The lowest BCUT2D eigenvalue weighted by Gasteiger charge is -2.20. The molecule has 0 amide bonds. The Morgan fingerprint density at radius 2 is 2.00 bits per heavy atom. The second kappa shape index (κ2) is 6.09. The summed E-state index contributed by atoms with van der Waals surface area (Å²) in [5.41, 5.74) is 1.03. The zero-order valence-corrected chi connectivity index (χ0v) is 10.4. The van der Waals surface area contributed by atoms with E-state index >= 15 is 0 Å². The monoisotopic (exact) mass is 239 g/mol. The van der Waals surface area contributed by atoms with Gasteiger partial charge in [-0.3, -0.25) is 14.5 Å². The van der Waals surface area contributed by atoms with Gasteiger partial charge in [0.1, 0.15) is 0 Å². The highest BCUT2D eigenvalue weighted by molar-refractivity contribution is 4.92. The van der Waals surface area contributed by atoms with Crippen molar-refractivity contribution in [3.8, 4) is 0 Å². The number of aromatic nitrogens is 3. The van der Waals surface area contributed by atoms with Crippen molar-refractivity contribution in [1.29, 1.82) is 0 Å². The average Bonchev–Trinajstić information content (AvgIpc) is 2.58. The second-order valence-electron chi connectivity index (χ2n) is 4.58. The average molecular weight is 239 g/mol. The topological polar surface area (TPSA) is 57.4 Å². The molecule has 2 rings (SSSR count). The first-order chi connectivity index (χ1) is 8.28. The lowest BCUT2D eigenvalue weighted by Crippen LogP contribution is -2.32. The molecular weight excluding hydrogens is 218 g/mol. The quantitative estimate of drug-likeness (QED) is 0.754. The molecule has 1 saturated heterocycles. The molecule has 0 unspecified atom stereocenters. The Morgan fingerprint density at radius 1 is 1.24 bits per heavy atom. The maximum Gasteiger partial charge on any atom is 0.0967 e. The van der Waals surface area contributed by atoms with Gasteiger partial charge >= 0.3 is 0 Å². The standard InChI is InChI=1S/C11H21N5O/c1-14-9-11(12-13-14)10-16-4-2-3-15(5-6-16)7-8-17/h9,17H,2-8,10H2,1H3. The molecule has 2 heterocycles. The molecule has 0 bridgehead atoms. The molecule has 17 heavy (non-hydrogen) atoms. The molecule has 6 nitrogen and oxygen atoms in total. The van der Waals surface area contributed by atoms with E-state index in [4.69, 9.17) is 5.11 Å². The van der Waals surface area contributed by atoms with Crippen LogP contribution in [0.4, 0.5) is 0 Å². The summed E-state index contributed by atoms with van der Waals surface area (Å²) < 4.78 is 1.74. The minimum absolute atomic E-state index is 0.254. The molecule has 1 fully saturated rings. The number of rotatable bonds is 4. The third kappa shape index (κ3) is 3.76. The van der Waals surface area contributed by atoms with Gasteiger partial charge < -0.3 is 5.11 Å². The Labute approximate surface area is 102 Å². The molecule has 1 aromatic heterocycles. The molecule has 1 N–H and O–H groups in total. The van der Waals surface area contributed by atoms with Gasteiger partial charge in [0.25, 0.3) is 0 Å². The fourth-order valence-corrected chi connectivity index (χ4v) is 2.24. The highest BCUT2D eigenvalue weighted by atomic mass is 16.3. The van der Waals surface area contributed by atoms with Crippen molar-refractivity contribution in [2.45, 2.75) is 13.0 Å². The van der Waals surface area contributed by atoms with Crippen LogP contribution in [0.2, 0.25) is 0 Å². The molecule has 0 radical (unpaired) electrons. The van der Waals surface area contributed by atoms with Crippen molar-refractivity contribution in [2.24, 2.45) is 7.05 Å². The van der Waals surface area contributed by atoms with Crippen LogP contribution >= 0.6 is 0 Å². The van der Waals surface area contributed by atoms with Gasteiger partial charge in [-0.1, -0.05) is 5.21 Å². The van der Waals surface area contributed by atoms with Crippen LogP contribution in [0.1, 0.15) is 12.1 Å². The predicted molar refractivity (Wildman–Crippen MR) is 64.4 cm³/mol. The van der Waals surface area contributed by atoms with Crippen molar-refractivity contribution in [3.05, 3.63) is 11.9 Å². The first-order valence-electron chi connectivity index (χ1n) is 6.18. The molecule has 1 aromatic rings. The summed E-state index contributed by atoms with van der Waals surface area (Å²) in [5, 5.41) is 17.0. The zero-order valence-electron chi connectivity index (χ0n) is 10.4. The summed E-state index contributed by atoms with van der Waals surface area (Å²) in [5.74, 6) is 0. The minimum Gasteiger partial charge on any atom is -0.395 e. The number of nitrogens with zero attached hydrogens (tertiary/aromatic N) is 5. The molecule has 0 aromatic carbocycles. The largest absolute Gasteiger partial charge is 0.395 e. The van der Waals surface area contributed by atoms with E-state index in [1.807, 2.05) is 13.2 Å². The smallest absolute Gasteiger partial charge is 0.0967 e. The SMILES string of the molecule is Cn1cc(CN2CCCN(CCO)CC2)nn1. The van der Waals surface area contributed by atoms with Crippen molar-refractivity contribution >= 4 is 0 Å². The fourth-order valence-electron chi connectivity index (χ4n) is 2.24. The highest BCUT2D eigenvalue weighted by Gasteiger charge is 2.15. The molecule has 1 aliphatic rings. The minimum atomic E-state index is 0.254. The normalized spacial score (nSPS) is 19.4. The van der Waals surface area contributed by atoms with Gasteiger partial charge in [0.05, 0.1) is 12.3 Å². The first kappa shape index (κ1) is 12.5. The molecule has 0 spiro atoms. The Morgan fingerprint density at radius 3 is 2.71 bits per heavy atom. The Hall–Kier alpha value is -0.980. The molecule has 0 atom stereocenters. The van der Waals surface area contributed by atoms with E-state index < -0.39 is 0 Å². The van der Waals surface area contributed by atoms with Gasteiger partial charge in [-0.2, -0.15) is 0 Å². The van der Waals surface area contributed by atoms with E-state index in [0.29, 0.717) is 0 Å². The summed E-state index contributed by atoms with van der Waals surface area (Å²) in [6.45, 7) is 6.16. The van der Waals surface area contributed by atoms with Gasteiger partial charge in [-0.25, -0.2) is 0 Å². The van der Waals surface area contributed by atoms with Crippen molar-refractivity contribution in [3.63, 3.8) is 0 Å². The third-order valence-electron chi connectivity index (χ3n) is 3.13. The lowest BCUT2D eigenvalue weighted by atomic mass is 10.3. The summed E-state index contributed by atoms with van der Waals surface area (Å²) in [4.78, 5) is 4.72. The number of aryl methyl sites for hydroxylation is 1. The fraction of sp³-hybridized carbons (Fsp3) is 0.818. The number of β-amino-alcohol motifs (C(OH)–C–C–N with tert-alkyl or cyclic N) is 1. The van der Waals surface area contributed by atoms with Crippen LogP contribution in [0, 0.1) is 0 Å². The molecular formula is C11H21N5O. The molecule has 1 aliphatic heterocycles. The van der Waals surface area contributed by atoms with Crippen LogP contribution in [0.15, 0.2) is 6.20 Å². The number of hydrogen-bond acceptors (Lipinski definition) is 5. The maximum atomic E-state index is 8.94. The predicted octanol–water partition coefficient (Wildman–Crippen LogP) is -0.685. The van der Waals surface area contributed by atoms with Gasteiger partial charge in [-0.15, -0.1) is 5.10 Å². The molecule has 0 saturated carbocycles. The first-order valence-corrected chi connectivity index (χ1v) is 6.18. The van der Waals surface area contributed by atoms with E-state index in [9.17, 15) is 0 Å².